The SMILES string of the molecule is O=C1/C(=C/c2cn(CCOc3ccccc3)c3ccc(Br)cc23)SC(=S)N1C[C@H]1CCCO1. The molecule has 0 radical (unpaired) electrons. The summed E-state index contributed by atoms with van der Waals surface area (Å²) in [4.78, 5) is 15.4. The summed E-state index contributed by atoms with van der Waals surface area (Å²) in [6, 6.07) is 16.0. The highest BCUT2D eigenvalue weighted by atomic mass is 79.9. The van der Waals surface area contributed by atoms with Crippen LogP contribution >= 0.6 is 39.9 Å². The Morgan fingerprint density at radius 3 is 2.88 bits per heavy atom. The van der Waals surface area contributed by atoms with Crippen LogP contribution in [0, 0.1) is 0 Å². The molecule has 1 aromatic heterocycles. The number of hydrogen-bond acceptors (Lipinski definition) is 5. The van der Waals surface area contributed by atoms with Crippen LogP contribution in [0.15, 0.2) is 64.1 Å². The molecule has 0 spiro atoms. The van der Waals surface area contributed by atoms with E-state index in [0.717, 1.165) is 46.1 Å². The minimum Gasteiger partial charge on any atom is -0.492 e. The Bertz CT molecular complexity index is 1220. The van der Waals surface area contributed by atoms with Gasteiger partial charge in [-0.2, -0.15) is 0 Å². The highest BCUT2D eigenvalue weighted by Crippen LogP contribution is 2.35. The molecule has 2 aliphatic rings. The summed E-state index contributed by atoms with van der Waals surface area (Å²) < 4.78 is 15.4. The van der Waals surface area contributed by atoms with Crippen LogP contribution in [-0.4, -0.2) is 45.6 Å². The van der Waals surface area contributed by atoms with Crippen LogP contribution < -0.4 is 4.74 Å². The highest BCUT2D eigenvalue weighted by Gasteiger charge is 2.34. The molecule has 2 aliphatic heterocycles. The predicted molar refractivity (Wildman–Crippen MR) is 140 cm³/mol. The van der Waals surface area contributed by atoms with Gasteiger partial charge in [-0.1, -0.05) is 58.1 Å². The second kappa shape index (κ2) is 10.0. The Kier molecular flexibility index (Phi) is 6.87. The number of ether oxygens (including phenoxy) is 2. The van der Waals surface area contributed by atoms with E-state index in [1.54, 1.807) is 4.90 Å². The van der Waals surface area contributed by atoms with Crippen LogP contribution in [0.1, 0.15) is 18.4 Å². The number of benzene rings is 2. The van der Waals surface area contributed by atoms with Crippen LogP contribution in [0.5, 0.6) is 5.75 Å². The maximum absolute atomic E-state index is 13.1. The summed E-state index contributed by atoms with van der Waals surface area (Å²) >= 11 is 10.5. The number of fused-ring (bicyclic) bond motifs is 1. The Labute approximate surface area is 210 Å². The van der Waals surface area contributed by atoms with Gasteiger partial charge in [-0.3, -0.25) is 9.69 Å². The fraction of sp³-hybridized carbons (Fsp3) is 0.280. The molecule has 3 aromatic rings. The number of amides is 1. The van der Waals surface area contributed by atoms with Gasteiger partial charge in [0.05, 0.1) is 24.1 Å². The van der Waals surface area contributed by atoms with E-state index >= 15 is 0 Å². The van der Waals surface area contributed by atoms with E-state index < -0.39 is 0 Å². The van der Waals surface area contributed by atoms with Gasteiger partial charge in [-0.15, -0.1) is 0 Å². The van der Waals surface area contributed by atoms with Gasteiger partial charge in [0.2, 0.25) is 0 Å². The topological polar surface area (TPSA) is 43.7 Å². The van der Waals surface area contributed by atoms with Crippen molar-refractivity contribution in [3.05, 3.63) is 69.7 Å². The van der Waals surface area contributed by atoms with Crippen LogP contribution in [0.25, 0.3) is 17.0 Å². The monoisotopic (exact) mass is 542 g/mol. The summed E-state index contributed by atoms with van der Waals surface area (Å²) in [5.41, 5.74) is 2.08. The van der Waals surface area contributed by atoms with E-state index in [0.29, 0.717) is 28.9 Å². The van der Waals surface area contributed by atoms with Crippen molar-refractivity contribution in [1.29, 1.82) is 0 Å². The number of rotatable bonds is 7. The van der Waals surface area contributed by atoms with E-state index in [1.807, 2.05) is 42.5 Å². The molecule has 8 heteroatoms. The quantitative estimate of drug-likeness (QED) is 0.276. The van der Waals surface area contributed by atoms with Crippen molar-refractivity contribution in [3.63, 3.8) is 0 Å². The van der Waals surface area contributed by atoms with Crippen molar-refractivity contribution in [2.24, 2.45) is 0 Å². The van der Waals surface area contributed by atoms with Gasteiger partial charge in [0.1, 0.15) is 16.7 Å². The van der Waals surface area contributed by atoms with Gasteiger partial charge >= 0.3 is 0 Å². The normalized spacial score (nSPS) is 19.8. The number of nitrogens with zero attached hydrogens (tertiary/aromatic N) is 2. The number of halogens is 1. The number of carbonyl (C=O) groups is 1. The molecule has 33 heavy (non-hydrogen) atoms. The van der Waals surface area contributed by atoms with E-state index in [9.17, 15) is 4.79 Å². The molecule has 3 heterocycles. The third kappa shape index (κ3) is 5.04. The zero-order valence-electron chi connectivity index (χ0n) is 17.9. The Hall–Kier alpha value is -2.13. The van der Waals surface area contributed by atoms with Crippen LogP contribution in [-0.2, 0) is 16.1 Å². The maximum Gasteiger partial charge on any atom is 0.266 e. The third-order valence-corrected chi connectivity index (χ3v) is 7.66. The fourth-order valence-corrected chi connectivity index (χ4v) is 5.79. The molecular formula is C25H23BrN2O3S2. The standard InChI is InChI=1S/C25H23BrN2O3S2/c26-18-8-9-22-21(14-18)17(15-27(22)10-12-31-19-5-2-1-3-6-19)13-23-24(29)28(25(32)33-23)16-20-7-4-11-30-20/h1-3,5-6,8-9,13-15,20H,4,7,10-12,16H2/b23-13-/t20-/m1/s1. The lowest BCUT2D eigenvalue weighted by molar-refractivity contribution is -0.123. The molecule has 0 saturated carbocycles. The van der Waals surface area contributed by atoms with Gasteiger partial charge < -0.3 is 14.0 Å². The first kappa shape index (κ1) is 22.7. The summed E-state index contributed by atoms with van der Waals surface area (Å²) in [7, 11) is 0. The summed E-state index contributed by atoms with van der Waals surface area (Å²) in [5, 5.41) is 1.08. The molecular weight excluding hydrogens is 520 g/mol. The number of para-hydroxylation sites is 1. The third-order valence-electron chi connectivity index (χ3n) is 5.79. The molecule has 2 aromatic carbocycles. The number of hydrogen-bond donors (Lipinski definition) is 0. The zero-order chi connectivity index (χ0) is 22.8. The Morgan fingerprint density at radius 1 is 1.24 bits per heavy atom. The van der Waals surface area contributed by atoms with E-state index in [4.69, 9.17) is 21.7 Å². The fourth-order valence-electron chi connectivity index (χ4n) is 4.17. The van der Waals surface area contributed by atoms with Crippen molar-refractivity contribution in [3.8, 4) is 5.75 Å². The van der Waals surface area contributed by atoms with Crippen molar-refractivity contribution in [1.82, 2.24) is 9.47 Å². The van der Waals surface area contributed by atoms with Crippen molar-refractivity contribution < 1.29 is 14.3 Å². The molecule has 2 saturated heterocycles. The lowest BCUT2D eigenvalue weighted by Gasteiger charge is -2.18. The molecule has 1 amide bonds. The van der Waals surface area contributed by atoms with Crippen molar-refractivity contribution in [2.75, 3.05) is 19.8 Å². The predicted octanol–water partition coefficient (Wildman–Crippen LogP) is 5.86. The highest BCUT2D eigenvalue weighted by molar-refractivity contribution is 9.10. The Balaban J connectivity index is 1.38. The van der Waals surface area contributed by atoms with Crippen LogP contribution in [0.2, 0.25) is 0 Å². The first-order valence-electron chi connectivity index (χ1n) is 10.9. The zero-order valence-corrected chi connectivity index (χ0v) is 21.1. The molecule has 170 valence electrons. The largest absolute Gasteiger partial charge is 0.492 e. The molecule has 0 unspecified atom stereocenters. The molecule has 0 bridgehead atoms. The lowest BCUT2D eigenvalue weighted by atomic mass is 10.1. The van der Waals surface area contributed by atoms with Crippen LogP contribution in [0.3, 0.4) is 0 Å². The van der Waals surface area contributed by atoms with E-state index in [2.05, 4.69) is 38.8 Å². The minimum absolute atomic E-state index is 0.0381. The van der Waals surface area contributed by atoms with E-state index in [1.165, 1.54) is 11.8 Å². The van der Waals surface area contributed by atoms with Gasteiger partial charge in [0.15, 0.2) is 0 Å². The number of thiocarbonyl (C=S) groups is 1. The van der Waals surface area contributed by atoms with Gasteiger partial charge in [-0.25, -0.2) is 0 Å². The lowest BCUT2D eigenvalue weighted by Crippen LogP contribution is -2.35. The molecule has 5 nitrogen and oxygen atoms in total. The summed E-state index contributed by atoms with van der Waals surface area (Å²) in [5.74, 6) is 0.815. The van der Waals surface area contributed by atoms with Gasteiger partial charge in [0.25, 0.3) is 5.91 Å². The molecule has 0 N–H and O–H groups in total. The first-order valence-corrected chi connectivity index (χ1v) is 12.9. The van der Waals surface area contributed by atoms with Crippen molar-refractivity contribution >= 4 is 67.1 Å². The second-order valence-corrected chi connectivity index (χ2v) is 10.6. The van der Waals surface area contributed by atoms with Gasteiger partial charge in [0, 0.05) is 33.7 Å². The maximum atomic E-state index is 13.1. The molecule has 2 fully saturated rings. The number of carbonyl (C=O) groups excluding carboxylic acids is 1. The van der Waals surface area contributed by atoms with E-state index in [-0.39, 0.29) is 12.0 Å². The summed E-state index contributed by atoms with van der Waals surface area (Å²) in [6.07, 6.45) is 6.13. The Morgan fingerprint density at radius 2 is 2.09 bits per heavy atom. The molecule has 1 atom stereocenters. The second-order valence-electron chi connectivity index (χ2n) is 8.03. The first-order chi connectivity index (χ1) is 16.1. The van der Waals surface area contributed by atoms with Gasteiger partial charge in [-0.05, 0) is 49.2 Å². The molecule has 0 aliphatic carbocycles. The van der Waals surface area contributed by atoms with Crippen molar-refractivity contribution in [2.45, 2.75) is 25.5 Å². The molecule has 5 rings (SSSR count). The number of thioether (sulfide) groups is 1. The minimum atomic E-state index is -0.0381. The van der Waals surface area contributed by atoms with Crippen LogP contribution in [0.4, 0.5) is 0 Å². The summed E-state index contributed by atoms with van der Waals surface area (Å²) in [6.45, 7) is 2.54. The smallest absolute Gasteiger partial charge is 0.266 e. The average Bonchev–Trinajstić information content (AvgIpc) is 3.51. The number of aromatic nitrogens is 1. The average molecular weight is 544 g/mol.